The largest absolute Gasteiger partial charge is 0.393 e. The van der Waals surface area contributed by atoms with Crippen molar-refractivity contribution in [1.29, 1.82) is 0 Å². The monoisotopic (exact) mass is 456 g/mol. The van der Waals surface area contributed by atoms with Crippen LogP contribution < -0.4 is 0 Å². The summed E-state index contributed by atoms with van der Waals surface area (Å²) in [5, 5.41) is 0. The molecule has 31 heavy (non-hydrogen) atoms. The van der Waals surface area contributed by atoms with Crippen LogP contribution >= 0.6 is 0 Å². The molecule has 1 saturated heterocycles. The fourth-order valence-electron chi connectivity index (χ4n) is 2.79. The van der Waals surface area contributed by atoms with Crippen molar-refractivity contribution in [2.75, 3.05) is 13.2 Å². The van der Waals surface area contributed by atoms with Crippen LogP contribution in [0.1, 0.15) is 33.3 Å². The lowest BCUT2D eigenvalue weighted by atomic mass is 10.0. The van der Waals surface area contributed by atoms with E-state index < -0.39 is 54.2 Å². The van der Waals surface area contributed by atoms with Crippen LogP contribution in [0, 0.1) is 11.6 Å². The molecule has 1 aliphatic heterocycles. The van der Waals surface area contributed by atoms with Crippen LogP contribution in [-0.4, -0.2) is 31.9 Å². The van der Waals surface area contributed by atoms with Gasteiger partial charge in [-0.1, -0.05) is 24.3 Å². The number of carbonyl (C=O) groups is 1. The number of carbonyl (C=O) groups excluding carboxylic acids is 1. The molecular formula is C20H16F8O3. The zero-order chi connectivity index (χ0) is 23.2. The molecule has 0 spiro atoms. The topological polar surface area (TPSA) is 35.5 Å². The molecule has 2 aromatic rings. The first-order chi connectivity index (χ1) is 14.4. The molecule has 0 amide bonds. The Balaban J connectivity index is 0.000000225. The summed E-state index contributed by atoms with van der Waals surface area (Å²) in [6, 6.07) is 6.97. The molecule has 0 aliphatic carbocycles. The van der Waals surface area contributed by atoms with Crippen molar-refractivity contribution in [3.63, 3.8) is 0 Å². The fourth-order valence-corrected chi connectivity index (χ4v) is 2.79. The van der Waals surface area contributed by atoms with Crippen molar-refractivity contribution in [1.82, 2.24) is 0 Å². The number of alkyl halides is 6. The Labute approximate surface area is 171 Å². The molecule has 2 aromatic carbocycles. The molecule has 0 aromatic heterocycles. The molecule has 3 nitrogen and oxygen atoms in total. The number of hydrogen-bond acceptors (Lipinski definition) is 3. The highest BCUT2D eigenvalue weighted by Crippen LogP contribution is 2.32. The first-order valence-electron chi connectivity index (χ1n) is 8.78. The summed E-state index contributed by atoms with van der Waals surface area (Å²) in [4.78, 5) is 10.3. The SMILES string of the molecule is Fc1cccc(C2OCCO2)c1CC(F)(F)F.O=Cc1cccc(F)c1CC(F)(F)F. The maximum atomic E-state index is 13.4. The summed E-state index contributed by atoms with van der Waals surface area (Å²) in [6.45, 7) is 0.597. The van der Waals surface area contributed by atoms with Crippen LogP contribution in [0.2, 0.25) is 0 Å². The number of ether oxygens (including phenoxy) is 2. The van der Waals surface area contributed by atoms with Gasteiger partial charge in [-0.25, -0.2) is 8.78 Å². The van der Waals surface area contributed by atoms with Crippen LogP contribution in [-0.2, 0) is 22.3 Å². The van der Waals surface area contributed by atoms with E-state index in [-0.39, 0.29) is 17.4 Å². The van der Waals surface area contributed by atoms with Gasteiger partial charge in [0, 0.05) is 22.3 Å². The Morgan fingerprint density at radius 2 is 1.29 bits per heavy atom. The second kappa shape index (κ2) is 10.2. The third-order valence-electron chi connectivity index (χ3n) is 4.07. The van der Waals surface area contributed by atoms with E-state index in [9.17, 15) is 39.9 Å². The Bertz CT molecular complexity index is 887. The minimum Gasteiger partial charge on any atom is -0.346 e. The van der Waals surface area contributed by atoms with Crippen LogP contribution in [0.15, 0.2) is 36.4 Å². The van der Waals surface area contributed by atoms with Gasteiger partial charge in [0.1, 0.15) is 17.9 Å². The lowest BCUT2D eigenvalue weighted by Crippen LogP contribution is -2.16. The van der Waals surface area contributed by atoms with E-state index in [1.807, 2.05) is 0 Å². The van der Waals surface area contributed by atoms with Crippen molar-refractivity contribution >= 4 is 6.29 Å². The average Bonchev–Trinajstić information content (AvgIpc) is 3.18. The number of rotatable bonds is 4. The van der Waals surface area contributed by atoms with Gasteiger partial charge in [-0.3, -0.25) is 4.79 Å². The van der Waals surface area contributed by atoms with E-state index >= 15 is 0 Å². The van der Waals surface area contributed by atoms with E-state index in [1.54, 1.807) is 0 Å². The van der Waals surface area contributed by atoms with Crippen molar-refractivity contribution in [3.05, 3.63) is 70.3 Å². The van der Waals surface area contributed by atoms with Crippen LogP contribution in [0.25, 0.3) is 0 Å². The van der Waals surface area contributed by atoms with Gasteiger partial charge in [-0.2, -0.15) is 26.3 Å². The maximum absolute atomic E-state index is 13.4. The molecule has 0 N–H and O–H groups in total. The molecule has 1 heterocycles. The van der Waals surface area contributed by atoms with Crippen molar-refractivity contribution < 1.29 is 49.4 Å². The first kappa shape index (κ1) is 24.7. The van der Waals surface area contributed by atoms with Crippen LogP contribution in [0.5, 0.6) is 0 Å². The molecule has 0 unspecified atom stereocenters. The van der Waals surface area contributed by atoms with Gasteiger partial charge in [-0.15, -0.1) is 0 Å². The highest BCUT2D eigenvalue weighted by molar-refractivity contribution is 5.77. The number of benzene rings is 2. The zero-order valence-corrected chi connectivity index (χ0v) is 15.7. The molecule has 0 radical (unpaired) electrons. The summed E-state index contributed by atoms with van der Waals surface area (Å²) < 4.78 is 109. The van der Waals surface area contributed by atoms with E-state index in [1.165, 1.54) is 18.2 Å². The minimum absolute atomic E-state index is 0.111. The Kier molecular flexibility index (Phi) is 8.13. The van der Waals surface area contributed by atoms with Crippen molar-refractivity contribution in [2.45, 2.75) is 31.5 Å². The second-order valence-corrected chi connectivity index (χ2v) is 6.39. The van der Waals surface area contributed by atoms with Gasteiger partial charge in [0.25, 0.3) is 0 Å². The van der Waals surface area contributed by atoms with Crippen molar-refractivity contribution in [3.8, 4) is 0 Å². The van der Waals surface area contributed by atoms with E-state index in [4.69, 9.17) is 9.47 Å². The quantitative estimate of drug-likeness (QED) is 0.436. The lowest BCUT2D eigenvalue weighted by Gasteiger charge is -2.16. The normalized spacial score (nSPS) is 14.8. The predicted octanol–water partition coefficient (Wildman–Crippen LogP) is 5.72. The number of halogens is 8. The van der Waals surface area contributed by atoms with Gasteiger partial charge in [-0.05, 0) is 12.1 Å². The van der Waals surface area contributed by atoms with Crippen LogP contribution in [0.3, 0.4) is 0 Å². The first-order valence-corrected chi connectivity index (χ1v) is 8.78. The number of aldehydes is 1. The van der Waals surface area contributed by atoms with E-state index in [2.05, 4.69) is 0 Å². The van der Waals surface area contributed by atoms with Gasteiger partial charge >= 0.3 is 12.4 Å². The van der Waals surface area contributed by atoms with Gasteiger partial charge in [0.2, 0.25) is 0 Å². The molecule has 1 aliphatic rings. The van der Waals surface area contributed by atoms with E-state index in [0.29, 0.717) is 13.2 Å². The summed E-state index contributed by atoms with van der Waals surface area (Å²) in [6.07, 6.45) is -12.4. The average molecular weight is 456 g/mol. The Morgan fingerprint density at radius 1 is 0.806 bits per heavy atom. The molecule has 0 atom stereocenters. The molecule has 3 rings (SSSR count). The molecule has 1 fully saturated rings. The predicted molar refractivity (Wildman–Crippen MR) is 92.4 cm³/mol. The molecule has 0 saturated carbocycles. The molecule has 0 bridgehead atoms. The summed E-state index contributed by atoms with van der Waals surface area (Å²) >= 11 is 0. The Hall–Kier alpha value is -2.53. The van der Waals surface area contributed by atoms with Gasteiger partial charge in [0.15, 0.2) is 6.29 Å². The highest BCUT2D eigenvalue weighted by atomic mass is 19.4. The number of hydrogen-bond donors (Lipinski definition) is 0. The van der Waals surface area contributed by atoms with Gasteiger partial charge < -0.3 is 9.47 Å². The second-order valence-electron chi connectivity index (χ2n) is 6.39. The van der Waals surface area contributed by atoms with Crippen LogP contribution in [0.4, 0.5) is 35.1 Å². The summed E-state index contributed by atoms with van der Waals surface area (Å²) in [5.41, 5.74) is -1.16. The maximum Gasteiger partial charge on any atom is 0.393 e. The van der Waals surface area contributed by atoms with E-state index in [0.717, 1.165) is 18.2 Å². The fraction of sp³-hybridized carbons (Fsp3) is 0.350. The lowest BCUT2D eigenvalue weighted by molar-refractivity contribution is -0.129. The summed E-state index contributed by atoms with van der Waals surface area (Å²) in [5.74, 6) is -1.90. The molecule has 11 heteroatoms. The smallest absolute Gasteiger partial charge is 0.346 e. The third kappa shape index (κ3) is 7.59. The van der Waals surface area contributed by atoms with Crippen molar-refractivity contribution in [2.24, 2.45) is 0 Å². The Morgan fingerprint density at radius 3 is 1.81 bits per heavy atom. The molecule has 170 valence electrons. The summed E-state index contributed by atoms with van der Waals surface area (Å²) in [7, 11) is 0. The standard InChI is InChI=1S/C11H10F4O2.C9H6F4O/c12-9-3-1-2-7(10-16-4-5-17-10)8(9)6-11(13,14)15;10-8-3-1-2-6(5-14)7(8)4-9(11,12)13/h1-3,10H,4-6H2;1-3,5H,4H2. The third-order valence-corrected chi connectivity index (χ3v) is 4.07. The van der Waals surface area contributed by atoms with Gasteiger partial charge in [0.05, 0.1) is 26.1 Å². The highest BCUT2D eigenvalue weighted by Gasteiger charge is 2.33. The zero-order valence-electron chi connectivity index (χ0n) is 15.7. The minimum atomic E-state index is -4.51. The molecular weight excluding hydrogens is 440 g/mol.